The predicted octanol–water partition coefficient (Wildman–Crippen LogP) is 5.55. The molecule has 37 heavy (non-hydrogen) atoms. The van der Waals surface area contributed by atoms with Gasteiger partial charge in [-0.05, 0) is 6.42 Å². The second-order valence-corrected chi connectivity index (χ2v) is 12.3. The first-order valence-corrected chi connectivity index (χ1v) is 15.8. The summed E-state index contributed by atoms with van der Waals surface area (Å²) in [4.78, 5) is 22.8. The number of nitrogens with zero attached hydrogens (tertiary/aromatic N) is 1. The summed E-state index contributed by atoms with van der Waals surface area (Å²) in [6.45, 7) is 3.15. The van der Waals surface area contributed by atoms with E-state index >= 15 is 0 Å². The molecular weight excluding hydrogens is 497 g/mol. The minimum absolute atomic E-state index is 0.0183. The van der Waals surface area contributed by atoms with Crippen molar-refractivity contribution in [1.82, 2.24) is 0 Å². The van der Waals surface area contributed by atoms with Gasteiger partial charge in [-0.2, -0.15) is 0 Å². The number of carbonyl (C=O) groups is 1. The number of ether oxygens (including phenoxy) is 2. The van der Waals surface area contributed by atoms with Gasteiger partial charge in [0, 0.05) is 6.61 Å². The fourth-order valence-corrected chi connectivity index (χ4v) is 4.44. The zero-order valence-corrected chi connectivity index (χ0v) is 25.0. The first-order valence-electron chi connectivity index (χ1n) is 14.4. The maximum absolute atomic E-state index is 12.0. The summed E-state index contributed by atoms with van der Waals surface area (Å²) in [6.07, 6.45) is 17.1. The number of carboxylic acids is 1. The SMILES string of the molecule is CCCCCCCCCCCCCCCCOC[C@H](COP(=O)([O-])OCC[N+](C)(C)C)OCCC(=O)O. The second-order valence-electron chi connectivity index (χ2n) is 10.9. The van der Waals surface area contributed by atoms with Crippen LogP contribution in [0.15, 0.2) is 0 Å². The van der Waals surface area contributed by atoms with Crippen molar-refractivity contribution < 1.29 is 42.4 Å². The average molecular weight is 554 g/mol. The second kappa shape index (κ2) is 23.4. The molecular formula is C27H56NO8P. The Labute approximate surface area is 226 Å². The third-order valence-corrected chi connectivity index (χ3v) is 7.01. The van der Waals surface area contributed by atoms with Crippen LogP contribution in [-0.4, -0.2) is 82.4 Å². The summed E-state index contributed by atoms with van der Waals surface area (Å²) in [7, 11) is 1.32. The third kappa shape index (κ3) is 28.3. The van der Waals surface area contributed by atoms with Gasteiger partial charge in [0.15, 0.2) is 0 Å². The fourth-order valence-electron chi connectivity index (χ4n) is 3.71. The van der Waals surface area contributed by atoms with Crippen molar-refractivity contribution in [2.45, 2.75) is 109 Å². The lowest BCUT2D eigenvalue weighted by Gasteiger charge is -2.28. The van der Waals surface area contributed by atoms with E-state index in [9.17, 15) is 14.3 Å². The molecule has 1 N–H and O–H groups in total. The van der Waals surface area contributed by atoms with Gasteiger partial charge in [0.25, 0.3) is 7.82 Å². The number of unbranched alkanes of at least 4 members (excludes halogenated alkanes) is 13. The Hall–Kier alpha value is -0.540. The van der Waals surface area contributed by atoms with Gasteiger partial charge in [-0.1, -0.05) is 90.4 Å². The Bertz CT molecular complexity index is 585. The monoisotopic (exact) mass is 553 g/mol. The Morgan fingerprint density at radius 1 is 0.784 bits per heavy atom. The van der Waals surface area contributed by atoms with Crippen molar-refractivity contribution in [3.05, 3.63) is 0 Å². The lowest BCUT2D eigenvalue weighted by molar-refractivity contribution is -0.870. The van der Waals surface area contributed by atoms with Crippen molar-refractivity contribution >= 4 is 13.8 Å². The Morgan fingerprint density at radius 3 is 1.78 bits per heavy atom. The highest BCUT2D eigenvalue weighted by Gasteiger charge is 2.18. The number of hydrogen-bond acceptors (Lipinski definition) is 7. The molecule has 0 heterocycles. The molecule has 0 aliphatic carbocycles. The number of aliphatic carboxylic acids is 1. The standard InChI is InChI=1S/C27H56NO8P/c1-5-6-7-8-9-10-11-12-13-14-15-16-17-18-21-33-24-26(34-22-19-27(29)30)25-36-37(31,32)35-23-20-28(2,3)4/h26H,5-25H2,1-4H3,(H-,29,30,31,32)/t26-/m1/s1. The zero-order valence-electron chi connectivity index (χ0n) is 24.1. The molecule has 0 aliphatic rings. The van der Waals surface area contributed by atoms with Crippen LogP contribution in [-0.2, 0) is 27.9 Å². The van der Waals surface area contributed by atoms with E-state index in [-0.39, 0.29) is 32.8 Å². The van der Waals surface area contributed by atoms with Gasteiger partial charge < -0.3 is 33.0 Å². The minimum Gasteiger partial charge on any atom is -0.756 e. The van der Waals surface area contributed by atoms with Crippen LogP contribution < -0.4 is 4.89 Å². The molecule has 9 nitrogen and oxygen atoms in total. The number of rotatable bonds is 28. The summed E-state index contributed by atoms with van der Waals surface area (Å²) < 4.78 is 33.6. The minimum atomic E-state index is -4.47. The summed E-state index contributed by atoms with van der Waals surface area (Å²) >= 11 is 0. The molecule has 0 aromatic rings. The largest absolute Gasteiger partial charge is 0.756 e. The van der Waals surface area contributed by atoms with Crippen LogP contribution in [0.1, 0.15) is 103 Å². The number of carboxylic acid groups (broad SMARTS) is 1. The van der Waals surface area contributed by atoms with E-state index in [2.05, 4.69) is 6.92 Å². The quantitative estimate of drug-likeness (QED) is 0.0762. The molecule has 222 valence electrons. The van der Waals surface area contributed by atoms with Gasteiger partial charge in [0.05, 0.1) is 47.4 Å². The topological polar surface area (TPSA) is 114 Å². The third-order valence-electron chi connectivity index (χ3n) is 6.05. The van der Waals surface area contributed by atoms with Crippen molar-refractivity contribution in [2.24, 2.45) is 0 Å². The van der Waals surface area contributed by atoms with Crippen molar-refractivity contribution in [2.75, 3.05) is 60.7 Å². The normalized spacial score (nSPS) is 14.5. The molecule has 2 atom stereocenters. The highest BCUT2D eigenvalue weighted by atomic mass is 31.2. The van der Waals surface area contributed by atoms with Crippen LogP contribution in [0.5, 0.6) is 0 Å². The molecule has 0 bridgehead atoms. The number of phosphoric acid groups is 1. The van der Waals surface area contributed by atoms with E-state index in [0.717, 1.165) is 12.8 Å². The van der Waals surface area contributed by atoms with E-state index < -0.39 is 19.9 Å². The van der Waals surface area contributed by atoms with Crippen LogP contribution in [0, 0.1) is 0 Å². The maximum Gasteiger partial charge on any atom is 0.305 e. The molecule has 0 saturated heterocycles. The first-order chi connectivity index (χ1) is 17.6. The summed E-state index contributed by atoms with van der Waals surface area (Å²) in [6, 6.07) is 0. The Morgan fingerprint density at radius 2 is 1.30 bits per heavy atom. The van der Waals surface area contributed by atoms with E-state index in [1.165, 1.54) is 77.0 Å². The van der Waals surface area contributed by atoms with Gasteiger partial charge in [-0.3, -0.25) is 9.36 Å². The highest BCUT2D eigenvalue weighted by Crippen LogP contribution is 2.38. The predicted molar refractivity (Wildman–Crippen MR) is 146 cm³/mol. The van der Waals surface area contributed by atoms with Crippen molar-refractivity contribution in [3.8, 4) is 0 Å². The van der Waals surface area contributed by atoms with Gasteiger partial charge in [-0.25, -0.2) is 0 Å². The maximum atomic E-state index is 12.0. The molecule has 0 rings (SSSR count). The molecule has 0 aliphatic heterocycles. The van der Waals surface area contributed by atoms with Gasteiger partial charge >= 0.3 is 5.97 Å². The lowest BCUT2D eigenvalue weighted by Crippen LogP contribution is -2.37. The van der Waals surface area contributed by atoms with Gasteiger partial charge in [0.2, 0.25) is 0 Å². The van der Waals surface area contributed by atoms with Crippen LogP contribution in [0.2, 0.25) is 0 Å². The lowest BCUT2D eigenvalue weighted by atomic mass is 10.0. The molecule has 0 saturated carbocycles. The summed E-state index contributed by atoms with van der Waals surface area (Å²) in [5.41, 5.74) is 0. The molecule has 0 amide bonds. The van der Waals surface area contributed by atoms with E-state index in [1.807, 2.05) is 21.1 Å². The molecule has 0 fully saturated rings. The zero-order chi connectivity index (χ0) is 27.8. The molecule has 0 aromatic heterocycles. The van der Waals surface area contributed by atoms with E-state index in [4.69, 9.17) is 23.6 Å². The van der Waals surface area contributed by atoms with Crippen molar-refractivity contribution in [3.63, 3.8) is 0 Å². The van der Waals surface area contributed by atoms with Gasteiger partial charge in [0.1, 0.15) is 19.3 Å². The van der Waals surface area contributed by atoms with Crippen LogP contribution in [0.4, 0.5) is 0 Å². The van der Waals surface area contributed by atoms with E-state index in [1.54, 1.807) is 0 Å². The fraction of sp³-hybridized carbons (Fsp3) is 0.963. The number of quaternary nitrogens is 1. The Balaban J connectivity index is 3.92. The first kappa shape index (κ1) is 36.5. The number of likely N-dealkylation sites (N-methyl/N-ethyl adjacent to an activating group) is 1. The molecule has 0 aromatic carbocycles. The summed E-state index contributed by atoms with van der Waals surface area (Å²) in [5.74, 6) is -0.985. The smallest absolute Gasteiger partial charge is 0.305 e. The van der Waals surface area contributed by atoms with E-state index in [0.29, 0.717) is 17.6 Å². The number of phosphoric ester groups is 1. The molecule has 10 heteroatoms. The molecule has 1 unspecified atom stereocenters. The average Bonchev–Trinajstić information content (AvgIpc) is 2.80. The molecule has 0 spiro atoms. The molecule has 0 radical (unpaired) electrons. The summed E-state index contributed by atoms with van der Waals surface area (Å²) in [5, 5.41) is 8.81. The van der Waals surface area contributed by atoms with Crippen LogP contribution in [0.25, 0.3) is 0 Å². The highest BCUT2D eigenvalue weighted by molar-refractivity contribution is 7.45. The van der Waals surface area contributed by atoms with Crippen LogP contribution >= 0.6 is 7.82 Å². The Kier molecular flexibility index (Phi) is 23.0. The van der Waals surface area contributed by atoms with Gasteiger partial charge in [-0.15, -0.1) is 0 Å². The van der Waals surface area contributed by atoms with Crippen molar-refractivity contribution in [1.29, 1.82) is 0 Å². The van der Waals surface area contributed by atoms with Crippen LogP contribution in [0.3, 0.4) is 0 Å². The number of hydrogen-bond donors (Lipinski definition) is 1.